The molecule has 2 aliphatic rings. The zero-order valence-electron chi connectivity index (χ0n) is 16.5. The van der Waals surface area contributed by atoms with Gasteiger partial charge in [-0.3, -0.25) is 0 Å². The van der Waals surface area contributed by atoms with E-state index in [-0.39, 0.29) is 26.4 Å². The molecule has 0 unspecified atom stereocenters. The third kappa shape index (κ3) is 5.20. The summed E-state index contributed by atoms with van der Waals surface area (Å²) in [7, 11) is -3.94. The minimum absolute atomic E-state index is 0.0122. The summed E-state index contributed by atoms with van der Waals surface area (Å²) in [6.07, 6.45) is -6.26. The van der Waals surface area contributed by atoms with Crippen LogP contribution in [0, 0.1) is 0 Å². The number of hydrogen-bond donors (Lipinski definition) is 0. The van der Waals surface area contributed by atoms with Gasteiger partial charge in [-0.1, -0.05) is 0 Å². The summed E-state index contributed by atoms with van der Waals surface area (Å²) in [6.45, 7) is 6.30. The first-order chi connectivity index (χ1) is 13.8. The SMILES string of the molecule is CCOC(=O)[C@@H]1O[P+]2(O[C@H]1C(=O)OCC)O[C@@H](C(=O)OCC)[C@H](C(=O)OCC)O2. The van der Waals surface area contributed by atoms with E-state index < -0.39 is 56.5 Å². The molecule has 2 saturated heterocycles. The Hall–Kier alpha value is -1.85. The highest BCUT2D eigenvalue weighted by Crippen LogP contribution is 2.74. The molecule has 0 radical (unpaired) electrons. The van der Waals surface area contributed by atoms with E-state index >= 15 is 0 Å². The third-order valence-electron chi connectivity index (χ3n) is 3.60. The van der Waals surface area contributed by atoms with Crippen LogP contribution in [0.2, 0.25) is 0 Å². The molecule has 0 amide bonds. The van der Waals surface area contributed by atoms with Crippen molar-refractivity contribution in [3.63, 3.8) is 0 Å². The molecule has 2 aliphatic heterocycles. The molecule has 164 valence electrons. The first-order valence-electron chi connectivity index (χ1n) is 9.11. The predicted octanol–water partition coefficient (Wildman–Crippen LogP) is 0.484. The third-order valence-corrected chi connectivity index (χ3v) is 5.54. The number of esters is 4. The zero-order chi connectivity index (χ0) is 21.6. The Morgan fingerprint density at radius 3 is 0.931 bits per heavy atom. The molecule has 12 nitrogen and oxygen atoms in total. The van der Waals surface area contributed by atoms with Gasteiger partial charge in [0.25, 0.3) is 0 Å². The largest absolute Gasteiger partial charge is 0.579 e. The fraction of sp³-hybridized carbons (Fsp3) is 0.750. The summed E-state index contributed by atoms with van der Waals surface area (Å²) in [6, 6.07) is 0. The van der Waals surface area contributed by atoms with Crippen molar-refractivity contribution in [1.29, 1.82) is 0 Å². The highest BCUT2D eigenvalue weighted by atomic mass is 31.2. The Bertz CT molecular complexity index is 528. The molecule has 0 aromatic heterocycles. The van der Waals surface area contributed by atoms with Crippen molar-refractivity contribution in [3.8, 4) is 0 Å². The molecule has 2 rings (SSSR count). The van der Waals surface area contributed by atoms with Crippen LogP contribution in [0.25, 0.3) is 0 Å². The molecule has 29 heavy (non-hydrogen) atoms. The van der Waals surface area contributed by atoms with Gasteiger partial charge in [-0.2, -0.15) is 0 Å². The molecule has 2 heterocycles. The molecule has 0 N–H and O–H groups in total. The van der Waals surface area contributed by atoms with Gasteiger partial charge in [0.2, 0.25) is 24.4 Å². The van der Waals surface area contributed by atoms with Crippen molar-refractivity contribution in [1.82, 2.24) is 0 Å². The van der Waals surface area contributed by atoms with E-state index in [9.17, 15) is 19.2 Å². The van der Waals surface area contributed by atoms with Gasteiger partial charge in [0.05, 0.1) is 26.4 Å². The Morgan fingerprint density at radius 1 is 0.552 bits per heavy atom. The second kappa shape index (κ2) is 10.3. The van der Waals surface area contributed by atoms with E-state index in [1.54, 1.807) is 27.7 Å². The van der Waals surface area contributed by atoms with Gasteiger partial charge in [0.1, 0.15) is 0 Å². The minimum atomic E-state index is -3.94. The molecular formula is C16H24O12P+. The van der Waals surface area contributed by atoms with Crippen molar-refractivity contribution >= 4 is 32.0 Å². The zero-order valence-corrected chi connectivity index (χ0v) is 17.4. The van der Waals surface area contributed by atoms with Crippen molar-refractivity contribution in [3.05, 3.63) is 0 Å². The Labute approximate surface area is 167 Å². The minimum Gasteiger partial charge on any atom is -0.464 e. The van der Waals surface area contributed by atoms with E-state index in [4.69, 9.17) is 37.0 Å². The van der Waals surface area contributed by atoms with Crippen molar-refractivity contribution < 1.29 is 56.2 Å². The van der Waals surface area contributed by atoms with Crippen LogP contribution in [0.3, 0.4) is 0 Å². The van der Waals surface area contributed by atoms with Gasteiger partial charge in [-0.05, 0) is 27.7 Å². The summed E-state index contributed by atoms with van der Waals surface area (Å²) in [5, 5.41) is 0. The number of carbonyl (C=O) groups excluding carboxylic acids is 4. The average molecular weight is 439 g/mol. The molecule has 1 spiro atoms. The molecule has 4 atom stereocenters. The fourth-order valence-electron chi connectivity index (χ4n) is 2.49. The van der Waals surface area contributed by atoms with E-state index in [0.29, 0.717) is 0 Å². The first kappa shape index (κ1) is 23.4. The predicted molar refractivity (Wildman–Crippen MR) is 92.9 cm³/mol. The van der Waals surface area contributed by atoms with E-state index in [1.165, 1.54) is 0 Å². The molecular weight excluding hydrogens is 415 g/mol. The van der Waals surface area contributed by atoms with Crippen LogP contribution in [-0.2, 0) is 56.2 Å². The van der Waals surface area contributed by atoms with Crippen molar-refractivity contribution in [2.45, 2.75) is 52.1 Å². The average Bonchev–Trinajstić information content (AvgIpc) is 3.24. The topological polar surface area (TPSA) is 142 Å². The summed E-state index contributed by atoms with van der Waals surface area (Å²) in [5.74, 6) is -3.66. The highest BCUT2D eigenvalue weighted by molar-refractivity contribution is 7.57. The molecule has 0 aromatic rings. The van der Waals surface area contributed by atoms with Crippen LogP contribution < -0.4 is 0 Å². The van der Waals surface area contributed by atoms with Gasteiger partial charge in [-0.15, -0.1) is 18.1 Å². The molecule has 0 aromatic carbocycles. The van der Waals surface area contributed by atoms with Crippen molar-refractivity contribution in [2.24, 2.45) is 0 Å². The second-order valence-electron chi connectivity index (χ2n) is 5.56. The monoisotopic (exact) mass is 439 g/mol. The number of ether oxygens (including phenoxy) is 4. The van der Waals surface area contributed by atoms with Crippen LogP contribution in [-0.4, -0.2) is 74.7 Å². The molecule has 2 fully saturated rings. The maximum atomic E-state index is 12.2. The molecule has 0 saturated carbocycles. The number of carbonyl (C=O) groups is 4. The van der Waals surface area contributed by atoms with Gasteiger partial charge < -0.3 is 18.9 Å². The van der Waals surface area contributed by atoms with Crippen LogP contribution >= 0.6 is 8.17 Å². The van der Waals surface area contributed by atoms with E-state index in [2.05, 4.69) is 0 Å². The van der Waals surface area contributed by atoms with E-state index in [1.807, 2.05) is 0 Å². The smallest absolute Gasteiger partial charge is 0.464 e. The molecule has 13 heteroatoms. The first-order valence-corrected chi connectivity index (χ1v) is 10.6. The van der Waals surface area contributed by atoms with Crippen LogP contribution in [0.4, 0.5) is 0 Å². The lowest BCUT2D eigenvalue weighted by Gasteiger charge is -2.09. The van der Waals surface area contributed by atoms with Gasteiger partial charge in [0.15, 0.2) is 0 Å². The lowest BCUT2D eigenvalue weighted by atomic mass is 10.2. The van der Waals surface area contributed by atoms with Crippen LogP contribution in [0.15, 0.2) is 0 Å². The number of hydrogen-bond acceptors (Lipinski definition) is 12. The van der Waals surface area contributed by atoms with Crippen LogP contribution in [0.5, 0.6) is 0 Å². The van der Waals surface area contributed by atoms with Crippen molar-refractivity contribution in [2.75, 3.05) is 26.4 Å². The standard InChI is InChI=1S/C16H24O12P/c1-5-21-13(17)9-10(14(18)22-6-2)26-29(25-9)27-11(15(19)23-7-3)12(28-29)16(20)24-8-4/h9-12H,5-8H2,1-4H3/q+1/t9-,10-,11-,12-/m1/s1. The lowest BCUT2D eigenvalue weighted by Crippen LogP contribution is -2.39. The van der Waals surface area contributed by atoms with Gasteiger partial charge in [-0.25, -0.2) is 19.2 Å². The van der Waals surface area contributed by atoms with E-state index in [0.717, 1.165) is 0 Å². The normalized spacial score (nSPS) is 27.4. The molecule has 0 bridgehead atoms. The highest BCUT2D eigenvalue weighted by Gasteiger charge is 2.76. The second-order valence-corrected chi connectivity index (χ2v) is 7.30. The number of rotatable bonds is 8. The summed E-state index contributed by atoms with van der Waals surface area (Å²) < 4.78 is 41.4. The van der Waals surface area contributed by atoms with Gasteiger partial charge >= 0.3 is 32.0 Å². The lowest BCUT2D eigenvalue weighted by molar-refractivity contribution is -0.163. The Morgan fingerprint density at radius 2 is 0.759 bits per heavy atom. The van der Waals surface area contributed by atoms with Gasteiger partial charge in [0, 0.05) is 0 Å². The maximum absolute atomic E-state index is 12.2. The fourth-order valence-corrected chi connectivity index (χ4v) is 4.69. The Balaban J connectivity index is 2.30. The maximum Gasteiger partial charge on any atom is 0.579 e. The quantitative estimate of drug-likeness (QED) is 0.295. The molecule has 0 aliphatic carbocycles. The summed E-state index contributed by atoms with van der Waals surface area (Å²) in [4.78, 5) is 48.9. The van der Waals surface area contributed by atoms with Crippen LogP contribution in [0.1, 0.15) is 27.7 Å². The summed E-state index contributed by atoms with van der Waals surface area (Å²) in [5.41, 5.74) is 0. The Kier molecular flexibility index (Phi) is 8.29. The summed E-state index contributed by atoms with van der Waals surface area (Å²) >= 11 is 0.